The van der Waals surface area contributed by atoms with Crippen molar-refractivity contribution in [1.82, 2.24) is 5.32 Å². The van der Waals surface area contributed by atoms with E-state index in [0.717, 1.165) is 5.56 Å². The monoisotopic (exact) mass is 383 g/mol. The highest BCUT2D eigenvalue weighted by molar-refractivity contribution is 7.81. The molecule has 2 atom stereocenters. The van der Waals surface area contributed by atoms with Gasteiger partial charge < -0.3 is 24.8 Å². The maximum absolute atomic E-state index is 10.6. The molecule has 0 aliphatic heterocycles. The summed E-state index contributed by atoms with van der Waals surface area (Å²) in [5, 5.41) is 32.2. The van der Waals surface area contributed by atoms with E-state index in [-0.39, 0.29) is 29.8 Å². The van der Waals surface area contributed by atoms with Crippen molar-refractivity contribution in [3.05, 3.63) is 53.6 Å². The summed E-state index contributed by atoms with van der Waals surface area (Å²) in [7, 11) is -4.54. The van der Waals surface area contributed by atoms with Gasteiger partial charge in [0.25, 0.3) is 0 Å². The van der Waals surface area contributed by atoms with E-state index in [1.54, 1.807) is 12.1 Å². The van der Waals surface area contributed by atoms with Gasteiger partial charge in [0.15, 0.2) is 0 Å². The van der Waals surface area contributed by atoms with Gasteiger partial charge in [-0.3, -0.25) is 4.55 Å². The number of hydrogen-bond donors (Lipinski definition) is 5. The Morgan fingerprint density at radius 3 is 2.19 bits per heavy atom. The third-order valence-electron chi connectivity index (χ3n) is 3.64. The molecule has 0 aromatic heterocycles. The van der Waals surface area contributed by atoms with Crippen molar-refractivity contribution in [2.24, 2.45) is 0 Å². The Labute approximate surface area is 151 Å². The lowest BCUT2D eigenvalue weighted by molar-refractivity contribution is 0.170. The van der Waals surface area contributed by atoms with E-state index < -0.39 is 16.5 Å². The molecule has 0 aliphatic rings. The lowest BCUT2D eigenvalue weighted by Gasteiger charge is -2.18. The fourth-order valence-electron chi connectivity index (χ4n) is 2.47. The van der Waals surface area contributed by atoms with Crippen molar-refractivity contribution in [2.45, 2.75) is 25.5 Å². The Balaban J connectivity index is 1.87. The van der Waals surface area contributed by atoms with E-state index in [1.165, 1.54) is 30.3 Å². The van der Waals surface area contributed by atoms with Crippen LogP contribution in [0.4, 0.5) is 0 Å². The molecule has 142 valence electrons. The SMILES string of the molecule is C[C@@H](Cc1ccc(OS(=O)(=O)O)cc1)NC[C@H](O)c1cc(O)cc(O)c1. The summed E-state index contributed by atoms with van der Waals surface area (Å²) in [6, 6.07) is 10.1. The summed E-state index contributed by atoms with van der Waals surface area (Å²) in [6.45, 7) is 2.13. The third-order valence-corrected chi connectivity index (χ3v) is 4.04. The molecule has 0 radical (unpaired) electrons. The zero-order chi connectivity index (χ0) is 19.3. The van der Waals surface area contributed by atoms with Crippen molar-refractivity contribution >= 4 is 10.4 Å². The van der Waals surface area contributed by atoms with Gasteiger partial charge >= 0.3 is 10.4 Å². The van der Waals surface area contributed by atoms with Crippen LogP contribution >= 0.6 is 0 Å². The number of rotatable bonds is 8. The minimum atomic E-state index is -4.54. The summed E-state index contributed by atoms with van der Waals surface area (Å²) in [5.74, 6) is -0.241. The molecule has 0 aliphatic carbocycles. The number of phenols is 2. The van der Waals surface area contributed by atoms with Gasteiger partial charge in [0, 0.05) is 18.7 Å². The second kappa shape index (κ2) is 8.37. The Morgan fingerprint density at radius 1 is 1.08 bits per heavy atom. The number of benzene rings is 2. The molecule has 8 nitrogen and oxygen atoms in total. The highest BCUT2D eigenvalue weighted by atomic mass is 32.3. The molecule has 0 heterocycles. The van der Waals surface area contributed by atoms with Crippen molar-refractivity contribution in [3.8, 4) is 17.2 Å². The summed E-state index contributed by atoms with van der Waals surface area (Å²) in [6.07, 6.45) is -0.301. The van der Waals surface area contributed by atoms with Gasteiger partial charge in [-0.15, -0.1) is 0 Å². The standard InChI is InChI=1S/C17H21NO7S/c1-11(6-12-2-4-16(5-3-12)25-26(22,23)24)18-10-17(21)13-7-14(19)9-15(20)8-13/h2-5,7-9,11,17-21H,6,10H2,1H3,(H,22,23,24)/t11-,17-/m0/s1. The molecule has 0 spiro atoms. The van der Waals surface area contributed by atoms with Crippen LogP contribution in [0.5, 0.6) is 17.2 Å². The molecule has 9 heteroatoms. The Kier molecular flexibility index (Phi) is 6.43. The highest BCUT2D eigenvalue weighted by Crippen LogP contribution is 2.24. The van der Waals surface area contributed by atoms with Gasteiger partial charge in [0.05, 0.1) is 6.10 Å². The Hall–Kier alpha value is -2.33. The topological polar surface area (TPSA) is 136 Å². The molecule has 2 aromatic carbocycles. The molecule has 0 amide bonds. The van der Waals surface area contributed by atoms with Crippen LogP contribution in [-0.4, -0.2) is 40.9 Å². The van der Waals surface area contributed by atoms with Crippen LogP contribution in [0.2, 0.25) is 0 Å². The fourth-order valence-corrected chi connectivity index (χ4v) is 2.82. The van der Waals surface area contributed by atoms with Crippen molar-refractivity contribution in [3.63, 3.8) is 0 Å². The molecular formula is C17H21NO7S. The lowest BCUT2D eigenvalue weighted by Crippen LogP contribution is -2.32. The molecule has 0 saturated heterocycles. The molecule has 0 bridgehead atoms. The first-order valence-electron chi connectivity index (χ1n) is 7.82. The van der Waals surface area contributed by atoms with E-state index in [4.69, 9.17) is 4.55 Å². The number of hydrogen-bond acceptors (Lipinski definition) is 7. The first kappa shape index (κ1) is 20.0. The van der Waals surface area contributed by atoms with Gasteiger partial charge in [0.1, 0.15) is 17.2 Å². The molecule has 2 rings (SSSR count). The Bertz CT molecular complexity index is 816. The molecule has 2 aromatic rings. The van der Waals surface area contributed by atoms with Crippen LogP contribution in [-0.2, 0) is 16.8 Å². The molecule has 5 N–H and O–H groups in total. The summed E-state index contributed by atoms with van der Waals surface area (Å²) < 4.78 is 34.2. The van der Waals surface area contributed by atoms with Gasteiger partial charge in [-0.05, 0) is 48.7 Å². The van der Waals surface area contributed by atoms with E-state index in [9.17, 15) is 23.7 Å². The first-order valence-corrected chi connectivity index (χ1v) is 9.19. The maximum Gasteiger partial charge on any atom is 0.446 e. The molecule has 0 saturated carbocycles. The van der Waals surface area contributed by atoms with Crippen molar-refractivity contribution in [1.29, 1.82) is 0 Å². The summed E-state index contributed by atoms with van der Waals surface area (Å²) in [5.41, 5.74) is 1.30. The zero-order valence-corrected chi connectivity index (χ0v) is 14.8. The quantitative estimate of drug-likeness (QED) is 0.433. The fraction of sp³-hybridized carbons (Fsp3) is 0.294. The number of nitrogens with one attached hydrogen (secondary N) is 1. The van der Waals surface area contributed by atoms with Crippen molar-refractivity contribution < 1.29 is 32.5 Å². The minimum absolute atomic E-state index is 0.0102. The summed E-state index contributed by atoms with van der Waals surface area (Å²) in [4.78, 5) is 0. The van der Waals surface area contributed by atoms with E-state index in [0.29, 0.717) is 12.0 Å². The van der Waals surface area contributed by atoms with Crippen LogP contribution in [0, 0.1) is 0 Å². The average Bonchev–Trinajstić information content (AvgIpc) is 2.52. The average molecular weight is 383 g/mol. The van der Waals surface area contributed by atoms with Gasteiger partial charge in [-0.1, -0.05) is 12.1 Å². The van der Waals surface area contributed by atoms with Gasteiger partial charge in [0.2, 0.25) is 0 Å². The van der Waals surface area contributed by atoms with Crippen LogP contribution in [0.15, 0.2) is 42.5 Å². The van der Waals surface area contributed by atoms with Crippen LogP contribution in [0.3, 0.4) is 0 Å². The maximum atomic E-state index is 10.6. The number of phenolic OH excluding ortho intramolecular Hbond substituents is 2. The Morgan fingerprint density at radius 2 is 1.65 bits per heavy atom. The second-order valence-corrected chi connectivity index (χ2v) is 6.99. The second-order valence-electron chi connectivity index (χ2n) is 5.97. The number of aliphatic hydroxyl groups excluding tert-OH is 1. The van der Waals surface area contributed by atoms with E-state index in [2.05, 4.69) is 9.50 Å². The molecular weight excluding hydrogens is 362 g/mol. The molecule has 0 fully saturated rings. The van der Waals surface area contributed by atoms with Crippen LogP contribution in [0.25, 0.3) is 0 Å². The predicted molar refractivity (Wildman–Crippen MR) is 94.5 cm³/mol. The van der Waals surface area contributed by atoms with Crippen LogP contribution in [0.1, 0.15) is 24.2 Å². The van der Waals surface area contributed by atoms with Gasteiger partial charge in [-0.25, -0.2) is 0 Å². The molecule has 26 heavy (non-hydrogen) atoms. The third kappa shape index (κ3) is 6.52. The van der Waals surface area contributed by atoms with Crippen molar-refractivity contribution in [2.75, 3.05) is 6.54 Å². The number of aliphatic hydroxyl groups is 1. The lowest BCUT2D eigenvalue weighted by atomic mass is 10.1. The van der Waals surface area contributed by atoms with Gasteiger partial charge in [-0.2, -0.15) is 8.42 Å². The van der Waals surface area contributed by atoms with E-state index >= 15 is 0 Å². The zero-order valence-electron chi connectivity index (χ0n) is 14.0. The minimum Gasteiger partial charge on any atom is -0.508 e. The highest BCUT2D eigenvalue weighted by Gasteiger charge is 2.12. The predicted octanol–water partition coefficient (Wildman–Crippen LogP) is 1.53. The molecule has 0 unspecified atom stereocenters. The number of aromatic hydroxyl groups is 2. The normalized spacial score (nSPS) is 14.0. The largest absolute Gasteiger partial charge is 0.508 e. The van der Waals surface area contributed by atoms with E-state index in [1.807, 2.05) is 6.92 Å². The van der Waals surface area contributed by atoms with Crippen LogP contribution < -0.4 is 9.50 Å². The summed E-state index contributed by atoms with van der Waals surface area (Å²) >= 11 is 0. The first-order chi connectivity index (χ1) is 12.1. The smallest absolute Gasteiger partial charge is 0.446 e.